The van der Waals surface area contributed by atoms with Crippen LogP contribution < -0.4 is 5.73 Å². The molecule has 1 heterocycles. The largest absolute Gasteiger partial charge is 0.481 e. The maximum Gasteiger partial charge on any atom is 0.305 e. The minimum absolute atomic E-state index is 0.139. The predicted molar refractivity (Wildman–Crippen MR) is 48.6 cm³/mol. The minimum atomic E-state index is -0.942. The predicted octanol–water partition coefficient (Wildman–Crippen LogP) is 0.901. The SMILES string of the molecule is COCc1ccc(C(N)CC(=O)O)o1. The molecule has 5 nitrogen and oxygen atoms in total. The number of carboxylic acids is 1. The number of hydrogen-bond donors (Lipinski definition) is 2. The van der Waals surface area contributed by atoms with Crippen molar-refractivity contribution in [2.24, 2.45) is 5.73 Å². The van der Waals surface area contributed by atoms with Crippen LogP contribution in [0.2, 0.25) is 0 Å². The maximum atomic E-state index is 10.4. The van der Waals surface area contributed by atoms with Gasteiger partial charge >= 0.3 is 5.97 Å². The summed E-state index contributed by atoms with van der Waals surface area (Å²) < 4.78 is 10.1. The zero-order valence-electron chi connectivity index (χ0n) is 7.90. The van der Waals surface area contributed by atoms with Crippen molar-refractivity contribution in [3.8, 4) is 0 Å². The second-order valence-electron chi connectivity index (χ2n) is 2.94. The number of methoxy groups -OCH3 is 1. The summed E-state index contributed by atoms with van der Waals surface area (Å²) in [4.78, 5) is 10.4. The lowest BCUT2D eigenvalue weighted by atomic mass is 10.2. The van der Waals surface area contributed by atoms with E-state index in [1.165, 1.54) is 0 Å². The average Bonchev–Trinajstić information content (AvgIpc) is 2.52. The normalized spacial score (nSPS) is 12.7. The molecule has 0 aliphatic carbocycles. The van der Waals surface area contributed by atoms with E-state index >= 15 is 0 Å². The van der Waals surface area contributed by atoms with E-state index in [9.17, 15) is 4.79 Å². The molecule has 1 aromatic heterocycles. The lowest BCUT2D eigenvalue weighted by Crippen LogP contribution is -2.14. The summed E-state index contributed by atoms with van der Waals surface area (Å²) in [6.07, 6.45) is -0.139. The molecule has 0 aromatic carbocycles. The van der Waals surface area contributed by atoms with Crippen LogP contribution in [-0.2, 0) is 16.1 Å². The molecule has 0 aliphatic heterocycles. The van der Waals surface area contributed by atoms with Gasteiger partial charge in [0.2, 0.25) is 0 Å². The van der Waals surface area contributed by atoms with Crippen molar-refractivity contribution in [3.63, 3.8) is 0 Å². The highest BCUT2D eigenvalue weighted by atomic mass is 16.5. The third kappa shape index (κ3) is 2.86. The molecule has 5 heteroatoms. The van der Waals surface area contributed by atoms with Gasteiger partial charge in [-0.05, 0) is 12.1 Å². The quantitative estimate of drug-likeness (QED) is 0.735. The van der Waals surface area contributed by atoms with E-state index < -0.39 is 12.0 Å². The Morgan fingerprint density at radius 2 is 2.43 bits per heavy atom. The van der Waals surface area contributed by atoms with Gasteiger partial charge in [0.15, 0.2) is 0 Å². The van der Waals surface area contributed by atoms with Gasteiger partial charge in [-0.3, -0.25) is 4.79 Å². The number of carbonyl (C=O) groups is 1. The highest BCUT2D eigenvalue weighted by Crippen LogP contribution is 2.17. The molecule has 1 rings (SSSR count). The Bertz CT molecular complexity index is 308. The zero-order chi connectivity index (χ0) is 10.6. The van der Waals surface area contributed by atoms with Crippen LogP contribution in [0.15, 0.2) is 16.5 Å². The molecule has 1 unspecified atom stereocenters. The van der Waals surface area contributed by atoms with Crippen molar-refractivity contribution in [1.82, 2.24) is 0 Å². The Hall–Kier alpha value is -1.33. The first-order chi connectivity index (χ1) is 6.63. The highest BCUT2D eigenvalue weighted by Gasteiger charge is 2.14. The van der Waals surface area contributed by atoms with Crippen LogP contribution in [0.1, 0.15) is 24.0 Å². The topological polar surface area (TPSA) is 85.7 Å². The van der Waals surface area contributed by atoms with E-state index in [1.807, 2.05) is 0 Å². The Morgan fingerprint density at radius 1 is 1.71 bits per heavy atom. The smallest absolute Gasteiger partial charge is 0.305 e. The second kappa shape index (κ2) is 4.78. The van der Waals surface area contributed by atoms with Gasteiger partial charge in [0, 0.05) is 7.11 Å². The van der Waals surface area contributed by atoms with E-state index in [0.29, 0.717) is 18.1 Å². The van der Waals surface area contributed by atoms with Crippen molar-refractivity contribution in [2.45, 2.75) is 19.1 Å². The highest BCUT2D eigenvalue weighted by molar-refractivity contribution is 5.67. The summed E-state index contributed by atoms with van der Waals surface area (Å²) in [5.41, 5.74) is 5.59. The Balaban J connectivity index is 2.61. The number of ether oxygens (including phenoxy) is 1. The molecule has 78 valence electrons. The second-order valence-corrected chi connectivity index (χ2v) is 2.94. The lowest BCUT2D eigenvalue weighted by Gasteiger charge is -2.04. The van der Waals surface area contributed by atoms with Gasteiger partial charge in [-0.1, -0.05) is 0 Å². The van der Waals surface area contributed by atoms with Crippen molar-refractivity contribution in [1.29, 1.82) is 0 Å². The van der Waals surface area contributed by atoms with Crippen molar-refractivity contribution in [2.75, 3.05) is 7.11 Å². The molecule has 0 spiro atoms. The molecule has 14 heavy (non-hydrogen) atoms. The summed E-state index contributed by atoms with van der Waals surface area (Å²) in [5.74, 6) is 0.171. The Labute approximate surface area is 81.5 Å². The van der Waals surface area contributed by atoms with Crippen LogP contribution in [0.25, 0.3) is 0 Å². The lowest BCUT2D eigenvalue weighted by molar-refractivity contribution is -0.137. The van der Waals surface area contributed by atoms with Crippen LogP contribution in [0.4, 0.5) is 0 Å². The van der Waals surface area contributed by atoms with E-state index in [1.54, 1.807) is 19.2 Å². The monoisotopic (exact) mass is 199 g/mol. The molecule has 1 aromatic rings. The molecule has 1 atom stereocenters. The molecular formula is C9H13NO4. The molecule has 0 aliphatic rings. The van der Waals surface area contributed by atoms with Gasteiger partial charge in [0.05, 0.1) is 12.5 Å². The average molecular weight is 199 g/mol. The molecule has 0 bridgehead atoms. The molecule has 0 saturated carbocycles. The van der Waals surface area contributed by atoms with Crippen molar-refractivity contribution in [3.05, 3.63) is 23.7 Å². The fraction of sp³-hybridized carbons (Fsp3) is 0.444. The minimum Gasteiger partial charge on any atom is -0.481 e. The number of rotatable bonds is 5. The fourth-order valence-electron chi connectivity index (χ4n) is 1.10. The summed E-state index contributed by atoms with van der Waals surface area (Å²) in [5, 5.41) is 8.51. The van der Waals surface area contributed by atoms with Crippen LogP contribution in [-0.4, -0.2) is 18.2 Å². The summed E-state index contributed by atoms with van der Waals surface area (Å²) in [7, 11) is 1.55. The number of hydrogen-bond acceptors (Lipinski definition) is 4. The van der Waals surface area contributed by atoms with Gasteiger partial charge < -0.3 is 20.0 Å². The summed E-state index contributed by atoms with van der Waals surface area (Å²) >= 11 is 0. The van der Waals surface area contributed by atoms with Crippen LogP contribution in [0.5, 0.6) is 0 Å². The van der Waals surface area contributed by atoms with Gasteiger partial charge in [-0.2, -0.15) is 0 Å². The van der Waals surface area contributed by atoms with E-state index in [-0.39, 0.29) is 6.42 Å². The fourth-order valence-corrected chi connectivity index (χ4v) is 1.10. The number of nitrogens with two attached hydrogens (primary N) is 1. The van der Waals surface area contributed by atoms with Crippen LogP contribution >= 0.6 is 0 Å². The first-order valence-electron chi connectivity index (χ1n) is 4.18. The van der Waals surface area contributed by atoms with Crippen molar-refractivity contribution < 1.29 is 19.1 Å². The Morgan fingerprint density at radius 3 is 3.00 bits per heavy atom. The van der Waals surface area contributed by atoms with Gasteiger partial charge in [0.25, 0.3) is 0 Å². The van der Waals surface area contributed by atoms with Crippen LogP contribution in [0.3, 0.4) is 0 Å². The van der Waals surface area contributed by atoms with Gasteiger partial charge in [-0.25, -0.2) is 0 Å². The molecule has 3 N–H and O–H groups in total. The van der Waals surface area contributed by atoms with Crippen LogP contribution in [0, 0.1) is 0 Å². The van der Waals surface area contributed by atoms with E-state index in [4.69, 9.17) is 20.0 Å². The molecule has 0 amide bonds. The Kier molecular flexibility index (Phi) is 3.67. The first-order valence-corrected chi connectivity index (χ1v) is 4.18. The molecule has 0 fully saturated rings. The number of carboxylic acid groups (broad SMARTS) is 1. The third-order valence-corrected chi connectivity index (χ3v) is 1.73. The van der Waals surface area contributed by atoms with E-state index in [0.717, 1.165) is 0 Å². The first kappa shape index (κ1) is 10.7. The summed E-state index contributed by atoms with van der Waals surface area (Å²) in [6, 6.07) is 2.79. The van der Waals surface area contributed by atoms with Gasteiger partial charge in [-0.15, -0.1) is 0 Å². The van der Waals surface area contributed by atoms with Gasteiger partial charge in [0.1, 0.15) is 18.1 Å². The number of furan rings is 1. The zero-order valence-corrected chi connectivity index (χ0v) is 7.90. The molecular weight excluding hydrogens is 186 g/mol. The molecule has 0 saturated heterocycles. The van der Waals surface area contributed by atoms with Crippen molar-refractivity contribution >= 4 is 5.97 Å². The maximum absolute atomic E-state index is 10.4. The standard InChI is InChI=1S/C9H13NO4/c1-13-5-6-2-3-8(14-6)7(10)4-9(11)12/h2-3,7H,4-5,10H2,1H3,(H,11,12). The molecule has 0 radical (unpaired) electrons. The number of aliphatic carboxylic acids is 1. The summed E-state index contributed by atoms with van der Waals surface area (Å²) in [6.45, 7) is 0.361. The van der Waals surface area contributed by atoms with E-state index in [2.05, 4.69) is 0 Å². The third-order valence-electron chi connectivity index (χ3n) is 1.73.